The number of thioether (sulfide) groups is 1. The van der Waals surface area contributed by atoms with Crippen molar-refractivity contribution in [1.29, 1.82) is 5.26 Å². The fraction of sp³-hybridized carbons (Fsp3) is 0.182. The summed E-state index contributed by atoms with van der Waals surface area (Å²) in [6.45, 7) is 0.722. The van der Waals surface area contributed by atoms with E-state index in [9.17, 15) is 4.79 Å². The number of hydrogen-bond acceptors (Lipinski definition) is 5. The van der Waals surface area contributed by atoms with Crippen LogP contribution < -0.4 is 5.32 Å². The number of nitrogens with zero attached hydrogens (tertiary/aromatic N) is 2. The predicted molar refractivity (Wildman–Crippen MR) is 117 cm³/mol. The van der Waals surface area contributed by atoms with Crippen molar-refractivity contribution in [3.63, 3.8) is 0 Å². The first-order valence-electron chi connectivity index (χ1n) is 8.97. The molecule has 0 aliphatic rings. The third-order valence-electron chi connectivity index (χ3n) is 4.08. The summed E-state index contributed by atoms with van der Waals surface area (Å²) in [5.41, 5.74) is 1.67. The van der Waals surface area contributed by atoms with Gasteiger partial charge in [0.05, 0.1) is 30.6 Å². The number of amides is 1. The number of carbonyl (C=O) groups excluding carboxylic acids is 1. The Morgan fingerprint density at radius 1 is 1.17 bits per heavy atom. The van der Waals surface area contributed by atoms with Gasteiger partial charge in [-0.3, -0.25) is 9.69 Å². The van der Waals surface area contributed by atoms with Crippen LogP contribution in [0.4, 0.5) is 5.69 Å². The highest BCUT2D eigenvalue weighted by Crippen LogP contribution is 2.27. The molecule has 0 aliphatic carbocycles. The molecule has 3 aromatic rings. The molecular formula is C22H20ClN3O2S. The Labute approximate surface area is 179 Å². The van der Waals surface area contributed by atoms with Gasteiger partial charge in [-0.1, -0.05) is 23.7 Å². The van der Waals surface area contributed by atoms with Crippen LogP contribution in [-0.4, -0.2) is 30.2 Å². The van der Waals surface area contributed by atoms with Crippen molar-refractivity contribution < 1.29 is 9.21 Å². The number of benzene rings is 2. The summed E-state index contributed by atoms with van der Waals surface area (Å²) in [7, 11) is 1.86. The molecule has 2 aromatic carbocycles. The number of carbonyl (C=O) groups is 1. The minimum atomic E-state index is -0.123. The first-order valence-corrected chi connectivity index (χ1v) is 10.3. The number of hydrogen-bond donors (Lipinski definition) is 1. The standard InChI is InChI=1S/C22H20ClN3O2S/c1-26(14-18-10-11-20(28-18)16-6-8-17(23)9-7-16)15-22(27)25-19-4-2-3-5-21(19)29-13-12-24/h2-11H,13-15H2,1H3,(H,25,27). The van der Waals surface area contributed by atoms with Gasteiger partial charge in [0, 0.05) is 15.5 Å². The van der Waals surface area contributed by atoms with Gasteiger partial charge in [-0.15, -0.1) is 11.8 Å². The number of likely N-dealkylation sites (N-methyl/N-ethyl adjacent to an activating group) is 1. The lowest BCUT2D eigenvalue weighted by atomic mass is 10.2. The van der Waals surface area contributed by atoms with Gasteiger partial charge in [0.2, 0.25) is 5.91 Å². The first-order chi connectivity index (χ1) is 14.0. The highest BCUT2D eigenvalue weighted by Gasteiger charge is 2.12. The number of halogens is 1. The van der Waals surface area contributed by atoms with Crippen molar-refractivity contribution in [2.45, 2.75) is 11.4 Å². The van der Waals surface area contributed by atoms with E-state index in [4.69, 9.17) is 21.3 Å². The van der Waals surface area contributed by atoms with Crippen LogP contribution in [0.3, 0.4) is 0 Å². The van der Waals surface area contributed by atoms with Gasteiger partial charge in [0.25, 0.3) is 0 Å². The molecule has 29 heavy (non-hydrogen) atoms. The maximum Gasteiger partial charge on any atom is 0.238 e. The second-order valence-electron chi connectivity index (χ2n) is 6.44. The second kappa shape index (κ2) is 10.2. The maximum absolute atomic E-state index is 12.4. The van der Waals surface area contributed by atoms with Crippen LogP contribution in [0.1, 0.15) is 5.76 Å². The quantitative estimate of drug-likeness (QED) is 0.497. The van der Waals surface area contributed by atoms with Gasteiger partial charge in [-0.2, -0.15) is 5.26 Å². The van der Waals surface area contributed by atoms with Crippen molar-refractivity contribution in [3.8, 4) is 17.4 Å². The number of furan rings is 1. The van der Waals surface area contributed by atoms with Crippen LogP contribution in [-0.2, 0) is 11.3 Å². The third-order valence-corrected chi connectivity index (χ3v) is 5.28. The Hall–Kier alpha value is -2.72. The number of nitriles is 1. The van der Waals surface area contributed by atoms with E-state index < -0.39 is 0 Å². The van der Waals surface area contributed by atoms with Crippen molar-refractivity contribution >= 4 is 35.0 Å². The zero-order valence-electron chi connectivity index (χ0n) is 15.9. The van der Waals surface area contributed by atoms with E-state index in [-0.39, 0.29) is 12.5 Å². The zero-order valence-corrected chi connectivity index (χ0v) is 17.5. The van der Waals surface area contributed by atoms with Crippen LogP contribution >= 0.6 is 23.4 Å². The molecule has 0 saturated heterocycles. The lowest BCUT2D eigenvalue weighted by Crippen LogP contribution is -2.29. The molecule has 0 spiro atoms. The molecule has 0 radical (unpaired) electrons. The van der Waals surface area contributed by atoms with Gasteiger partial charge in [-0.25, -0.2) is 0 Å². The smallest absolute Gasteiger partial charge is 0.238 e. The fourth-order valence-electron chi connectivity index (χ4n) is 2.79. The average molecular weight is 426 g/mol. The van der Waals surface area contributed by atoms with E-state index in [0.717, 1.165) is 22.0 Å². The van der Waals surface area contributed by atoms with Crippen molar-refractivity contribution in [2.75, 3.05) is 24.7 Å². The molecule has 1 heterocycles. The molecule has 1 amide bonds. The van der Waals surface area contributed by atoms with Crippen LogP contribution in [0, 0.1) is 11.3 Å². The molecule has 0 unspecified atom stereocenters. The molecule has 0 fully saturated rings. The SMILES string of the molecule is CN(CC(=O)Nc1ccccc1SCC#N)Cc1ccc(-c2ccc(Cl)cc2)o1. The normalized spacial score (nSPS) is 10.7. The Bertz CT molecular complexity index is 1010. The van der Waals surface area contributed by atoms with Crippen molar-refractivity contribution in [3.05, 3.63) is 71.4 Å². The average Bonchev–Trinajstić information content (AvgIpc) is 3.16. The monoisotopic (exact) mass is 425 g/mol. The summed E-state index contributed by atoms with van der Waals surface area (Å²) in [5, 5.41) is 12.4. The number of para-hydroxylation sites is 1. The van der Waals surface area contributed by atoms with E-state index in [2.05, 4.69) is 11.4 Å². The number of rotatable bonds is 8. The Balaban J connectivity index is 1.56. The minimum absolute atomic E-state index is 0.123. The summed E-state index contributed by atoms with van der Waals surface area (Å²) in [5.74, 6) is 1.75. The number of anilines is 1. The van der Waals surface area contributed by atoms with Crippen LogP contribution in [0.2, 0.25) is 5.02 Å². The Morgan fingerprint density at radius 2 is 1.93 bits per heavy atom. The summed E-state index contributed by atoms with van der Waals surface area (Å²) >= 11 is 7.32. The van der Waals surface area contributed by atoms with E-state index >= 15 is 0 Å². The topological polar surface area (TPSA) is 69.3 Å². The van der Waals surface area contributed by atoms with E-state index in [0.29, 0.717) is 23.0 Å². The molecule has 3 rings (SSSR count). The summed E-state index contributed by atoms with van der Waals surface area (Å²) in [6.07, 6.45) is 0. The van der Waals surface area contributed by atoms with Gasteiger partial charge in [0.15, 0.2) is 0 Å². The highest BCUT2D eigenvalue weighted by molar-refractivity contribution is 7.99. The number of nitrogens with one attached hydrogen (secondary N) is 1. The summed E-state index contributed by atoms with van der Waals surface area (Å²) in [6, 6.07) is 20.8. The van der Waals surface area contributed by atoms with Gasteiger partial charge in [0.1, 0.15) is 11.5 Å². The van der Waals surface area contributed by atoms with Gasteiger partial charge in [-0.05, 0) is 55.6 Å². The molecule has 5 nitrogen and oxygen atoms in total. The molecule has 148 valence electrons. The summed E-state index contributed by atoms with van der Waals surface area (Å²) in [4.78, 5) is 15.2. The molecule has 0 bridgehead atoms. The molecule has 0 saturated carbocycles. The largest absolute Gasteiger partial charge is 0.460 e. The van der Waals surface area contributed by atoms with Crippen molar-refractivity contribution in [1.82, 2.24) is 4.90 Å². The molecular weight excluding hydrogens is 406 g/mol. The van der Waals surface area contributed by atoms with Crippen LogP contribution in [0.25, 0.3) is 11.3 Å². The van der Waals surface area contributed by atoms with Crippen LogP contribution in [0.5, 0.6) is 0 Å². The minimum Gasteiger partial charge on any atom is -0.460 e. The predicted octanol–water partition coefficient (Wildman–Crippen LogP) is 5.29. The molecule has 1 aromatic heterocycles. The first kappa shape index (κ1) is 21.0. The lowest BCUT2D eigenvalue weighted by molar-refractivity contribution is -0.117. The zero-order chi connectivity index (χ0) is 20.6. The second-order valence-corrected chi connectivity index (χ2v) is 7.89. The fourth-order valence-corrected chi connectivity index (χ4v) is 3.59. The molecule has 0 atom stereocenters. The Morgan fingerprint density at radius 3 is 2.69 bits per heavy atom. The van der Waals surface area contributed by atoms with Gasteiger partial charge < -0.3 is 9.73 Å². The third kappa shape index (κ3) is 6.13. The molecule has 0 aliphatic heterocycles. The maximum atomic E-state index is 12.4. The lowest BCUT2D eigenvalue weighted by Gasteiger charge is -2.16. The van der Waals surface area contributed by atoms with Crippen LogP contribution in [0.15, 0.2) is 70.0 Å². The molecule has 1 N–H and O–H groups in total. The van der Waals surface area contributed by atoms with Crippen molar-refractivity contribution in [2.24, 2.45) is 0 Å². The summed E-state index contributed by atoms with van der Waals surface area (Å²) < 4.78 is 5.89. The molecule has 7 heteroatoms. The Kier molecular flexibility index (Phi) is 7.36. The van der Waals surface area contributed by atoms with E-state index in [1.54, 1.807) is 0 Å². The van der Waals surface area contributed by atoms with Gasteiger partial charge >= 0.3 is 0 Å². The van der Waals surface area contributed by atoms with E-state index in [1.807, 2.05) is 72.6 Å². The highest BCUT2D eigenvalue weighted by atomic mass is 35.5. The van der Waals surface area contributed by atoms with E-state index in [1.165, 1.54) is 11.8 Å².